The number of ether oxygens (including phenoxy) is 3. The number of fused-ring (bicyclic) bond motifs is 1. The van der Waals surface area contributed by atoms with Crippen molar-refractivity contribution in [1.29, 1.82) is 0 Å². The van der Waals surface area contributed by atoms with E-state index in [0.717, 1.165) is 21.7 Å². The Morgan fingerprint density at radius 1 is 0.974 bits per heavy atom. The van der Waals surface area contributed by atoms with E-state index in [4.69, 9.17) is 14.2 Å². The minimum absolute atomic E-state index is 0.294. The normalized spacial score (nSPS) is 11.8. The number of halogens is 1. The van der Waals surface area contributed by atoms with Crippen LogP contribution in [0.1, 0.15) is 36.2 Å². The first kappa shape index (κ1) is 26.9. The topological polar surface area (TPSA) is 86.2 Å². The summed E-state index contributed by atoms with van der Waals surface area (Å²) in [5.74, 6) is 0.649. The van der Waals surface area contributed by atoms with Crippen LogP contribution in [0.3, 0.4) is 0 Å². The molecule has 7 nitrogen and oxygen atoms in total. The Morgan fingerprint density at radius 2 is 1.74 bits per heavy atom. The minimum Gasteiger partial charge on any atom is -0.494 e. The van der Waals surface area contributed by atoms with Crippen molar-refractivity contribution >= 4 is 44.8 Å². The highest BCUT2D eigenvalue weighted by Gasteiger charge is 2.16. The first-order valence-electron chi connectivity index (χ1n) is 12.2. The number of carbonyl (C=O) groups is 2. The maximum absolute atomic E-state index is 12.7. The van der Waals surface area contributed by atoms with Gasteiger partial charge in [-0.25, -0.2) is 10.2 Å². The maximum Gasteiger partial charge on any atom is 0.343 e. The number of nitrogens with zero attached hydrogens (tertiary/aromatic N) is 1. The summed E-state index contributed by atoms with van der Waals surface area (Å²) in [5, 5.41) is 6.00. The summed E-state index contributed by atoms with van der Waals surface area (Å²) in [6.07, 6.45) is 1.52. The third-order valence-electron chi connectivity index (χ3n) is 5.54. The van der Waals surface area contributed by atoms with Crippen LogP contribution in [0.5, 0.6) is 17.2 Å². The molecule has 0 aromatic heterocycles. The summed E-state index contributed by atoms with van der Waals surface area (Å²) in [7, 11) is 0. The number of amides is 1. The van der Waals surface area contributed by atoms with Crippen molar-refractivity contribution < 1.29 is 23.8 Å². The number of esters is 1. The fraction of sp³-hybridized carbons (Fsp3) is 0.167. The molecule has 1 amide bonds. The van der Waals surface area contributed by atoms with Crippen molar-refractivity contribution in [3.8, 4) is 17.2 Å². The zero-order valence-corrected chi connectivity index (χ0v) is 22.6. The number of carbonyl (C=O) groups excluding carboxylic acids is 2. The fourth-order valence-corrected chi connectivity index (χ4v) is 3.96. The van der Waals surface area contributed by atoms with Gasteiger partial charge in [-0.3, -0.25) is 4.79 Å². The standard InChI is InChI=1S/C30H27BrN2O5/c1-3-17-36-25-14-11-22(12-15-25)30(35)38-27-16-13-24(31)18-23(27)19-32-33-29(34)20(2)37-28-10-6-8-21-7-4-5-9-26(21)28/h4-16,18-20H,3,17H2,1-2H3,(H,33,34)/b32-19-/t20-/m0/s1. The van der Waals surface area contributed by atoms with Crippen molar-refractivity contribution in [2.24, 2.45) is 5.10 Å². The van der Waals surface area contributed by atoms with Gasteiger partial charge >= 0.3 is 5.97 Å². The molecule has 0 aliphatic heterocycles. The predicted octanol–water partition coefficient (Wildman–Crippen LogP) is 6.53. The van der Waals surface area contributed by atoms with Gasteiger partial charge in [0.15, 0.2) is 6.10 Å². The highest BCUT2D eigenvalue weighted by molar-refractivity contribution is 9.10. The second kappa shape index (κ2) is 12.9. The first-order valence-corrected chi connectivity index (χ1v) is 13.0. The van der Waals surface area contributed by atoms with Crippen molar-refractivity contribution in [1.82, 2.24) is 5.43 Å². The molecule has 0 aliphatic rings. The molecule has 0 heterocycles. The number of rotatable bonds is 10. The van der Waals surface area contributed by atoms with Gasteiger partial charge in [0.1, 0.15) is 17.2 Å². The number of hydrogen-bond acceptors (Lipinski definition) is 6. The number of nitrogens with one attached hydrogen (secondary N) is 1. The van der Waals surface area contributed by atoms with E-state index in [1.165, 1.54) is 6.21 Å². The molecule has 1 N–H and O–H groups in total. The molecule has 194 valence electrons. The number of benzene rings is 4. The van der Waals surface area contributed by atoms with E-state index in [0.29, 0.717) is 35.0 Å². The second-order valence-corrected chi connectivity index (χ2v) is 9.33. The predicted molar refractivity (Wildman–Crippen MR) is 151 cm³/mol. The zero-order chi connectivity index (χ0) is 26.9. The smallest absolute Gasteiger partial charge is 0.343 e. The van der Waals surface area contributed by atoms with Crippen molar-refractivity contribution in [2.45, 2.75) is 26.4 Å². The highest BCUT2D eigenvalue weighted by Crippen LogP contribution is 2.26. The average molecular weight is 575 g/mol. The molecule has 0 radical (unpaired) electrons. The zero-order valence-electron chi connectivity index (χ0n) is 21.0. The third kappa shape index (κ3) is 6.98. The molecule has 38 heavy (non-hydrogen) atoms. The SMILES string of the molecule is CCCOc1ccc(C(=O)Oc2ccc(Br)cc2/C=N\NC(=O)[C@H](C)Oc2cccc3ccccc23)cc1. The van der Waals surface area contributed by atoms with Gasteiger partial charge in [-0.1, -0.05) is 59.3 Å². The summed E-state index contributed by atoms with van der Waals surface area (Å²) < 4.78 is 17.8. The lowest BCUT2D eigenvalue weighted by atomic mass is 10.1. The van der Waals surface area contributed by atoms with Gasteiger partial charge < -0.3 is 14.2 Å². The van der Waals surface area contributed by atoms with Crippen molar-refractivity contribution in [2.75, 3.05) is 6.61 Å². The Kier molecular flexibility index (Phi) is 9.11. The maximum atomic E-state index is 12.7. The Hall–Kier alpha value is -4.17. The van der Waals surface area contributed by atoms with E-state index in [2.05, 4.69) is 26.5 Å². The Labute approximate surface area is 229 Å². The second-order valence-electron chi connectivity index (χ2n) is 8.42. The summed E-state index contributed by atoms with van der Waals surface area (Å²) in [5.41, 5.74) is 3.37. The molecule has 0 saturated heterocycles. The molecule has 1 atom stereocenters. The molecule has 0 spiro atoms. The van der Waals surface area contributed by atoms with Crippen LogP contribution >= 0.6 is 15.9 Å². The molecule has 0 saturated carbocycles. The lowest BCUT2D eigenvalue weighted by Gasteiger charge is -2.14. The molecular weight excluding hydrogens is 548 g/mol. The van der Waals surface area contributed by atoms with E-state index in [1.54, 1.807) is 49.4 Å². The van der Waals surface area contributed by atoms with Gasteiger partial charge in [-0.15, -0.1) is 0 Å². The average Bonchev–Trinajstić information content (AvgIpc) is 2.93. The van der Waals surface area contributed by atoms with E-state index in [1.807, 2.05) is 49.4 Å². The Bertz CT molecular complexity index is 1450. The quantitative estimate of drug-likeness (QED) is 0.101. The molecule has 4 aromatic carbocycles. The van der Waals surface area contributed by atoms with Crippen LogP contribution < -0.4 is 19.6 Å². The van der Waals surface area contributed by atoms with Crippen LogP contribution in [0.25, 0.3) is 10.8 Å². The van der Waals surface area contributed by atoms with Crippen LogP contribution in [0.4, 0.5) is 0 Å². The van der Waals surface area contributed by atoms with E-state index >= 15 is 0 Å². The van der Waals surface area contributed by atoms with Gasteiger partial charge in [0.2, 0.25) is 0 Å². The molecule has 0 bridgehead atoms. The molecular formula is C30H27BrN2O5. The molecule has 4 rings (SSSR count). The lowest BCUT2D eigenvalue weighted by molar-refractivity contribution is -0.127. The van der Waals surface area contributed by atoms with Gasteiger partial charge in [0.05, 0.1) is 18.4 Å². The van der Waals surface area contributed by atoms with E-state index in [-0.39, 0.29) is 0 Å². The summed E-state index contributed by atoms with van der Waals surface area (Å²) >= 11 is 3.41. The summed E-state index contributed by atoms with van der Waals surface area (Å²) in [6.45, 7) is 4.28. The largest absolute Gasteiger partial charge is 0.494 e. The number of hydrazone groups is 1. The first-order chi connectivity index (χ1) is 18.4. The van der Waals surface area contributed by atoms with E-state index < -0.39 is 18.0 Å². The van der Waals surface area contributed by atoms with Gasteiger partial charge in [0, 0.05) is 15.4 Å². The van der Waals surface area contributed by atoms with Crippen LogP contribution in [-0.4, -0.2) is 30.8 Å². The number of hydrogen-bond donors (Lipinski definition) is 1. The van der Waals surface area contributed by atoms with E-state index in [9.17, 15) is 9.59 Å². The van der Waals surface area contributed by atoms with Crippen LogP contribution in [-0.2, 0) is 4.79 Å². The molecule has 0 aliphatic carbocycles. The highest BCUT2D eigenvalue weighted by atomic mass is 79.9. The summed E-state index contributed by atoms with van der Waals surface area (Å²) in [4.78, 5) is 25.3. The Balaban J connectivity index is 1.40. The molecule has 4 aromatic rings. The van der Waals surface area contributed by atoms with Crippen molar-refractivity contribution in [3.05, 3.63) is 101 Å². The third-order valence-corrected chi connectivity index (χ3v) is 6.03. The summed E-state index contributed by atoms with van der Waals surface area (Å²) in [6, 6.07) is 25.4. The fourth-order valence-electron chi connectivity index (χ4n) is 3.58. The van der Waals surface area contributed by atoms with Gasteiger partial charge in [0.25, 0.3) is 5.91 Å². The lowest BCUT2D eigenvalue weighted by Crippen LogP contribution is -2.33. The van der Waals surface area contributed by atoms with Crippen LogP contribution in [0.15, 0.2) is 94.5 Å². The molecule has 0 fully saturated rings. The monoisotopic (exact) mass is 574 g/mol. The minimum atomic E-state index is -0.790. The van der Waals surface area contributed by atoms with Crippen LogP contribution in [0, 0.1) is 0 Å². The Morgan fingerprint density at radius 3 is 2.53 bits per heavy atom. The molecule has 8 heteroatoms. The molecule has 0 unspecified atom stereocenters. The van der Waals surface area contributed by atoms with Crippen molar-refractivity contribution in [3.63, 3.8) is 0 Å². The van der Waals surface area contributed by atoms with Gasteiger partial charge in [-0.05, 0) is 67.3 Å². The van der Waals surface area contributed by atoms with Crippen LogP contribution in [0.2, 0.25) is 0 Å². The van der Waals surface area contributed by atoms with Gasteiger partial charge in [-0.2, -0.15) is 5.10 Å².